The van der Waals surface area contributed by atoms with Gasteiger partial charge in [0.05, 0.1) is 28.8 Å². The second-order valence-corrected chi connectivity index (χ2v) is 8.28. The van der Waals surface area contributed by atoms with E-state index >= 15 is 0 Å². The highest BCUT2D eigenvalue weighted by Gasteiger charge is 2.34. The third-order valence-electron chi connectivity index (χ3n) is 5.95. The van der Waals surface area contributed by atoms with Crippen molar-refractivity contribution in [3.8, 4) is 16.9 Å². The minimum atomic E-state index is -0.400. The van der Waals surface area contributed by atoms with Crippen molar-refractivity contribution in [3.05, 3.63) is 64.7 Å². The average molecular weight is 448 g/mol. The molecule has 0 radical (unpaired) electrons. The van der Waals surface area contributed by atoms with Crippen molar-refractivity contribution in [1.82, 2.24) is 15.2 Å². The van der Waals surface area contributed by atoms with Crippen molar-refractivity contribution < 1.29 is 14.3 Å². The number of carbonyl (C=O) groups is 2. The Kier molecular flexibility index (Phi) is 5.12. The molecule has 0 saturated carbocycles. The first kappa shape index (κ1) is 20.5. The van der Waals surface area contributed by atoms with Gasteiger partial charge in [-0.15, -0.1) is 0 Å². The first-order valence-corrected chi connectivity index (χ1v) is 10.9. The number of ether oxygens (including phenoxy) is 1. The lowest BCUT2D eigenvalue weighted by Crippen LogP contribution is -2.20. The quantitative estimate of drug-likeness (QED) is 0.336. The molecule has 2 amide bonds. The molecule has 0 unspecified atom stereocenters. The van der Waals surface area contributed by atoms with Gasteiger partial charge >= 0.3 is 0 Å². The molecule has 6 nitrogen and oxygen atoms in total. The number of aryl methyl sites for hydroxylation is 1. The molecule has 1 aliphatic rings. The molecule has 2 N–H and O–H groups in total. The predicted octanol–water partition coefficient (Wildman–Crippen LogP) is 4.52. The topological polar surface area (TPSA) is 72.4 Å². The molecule has 0 fully saturated rings. The van der Waals surface area contributed by atoms with Crippen LogP contribution in [-0.2, 0) is 7.05 Å². The molecule has 162 valence electrons. The standard InChI is InChI=1S/C25H22ClN3O3/c1-27-10-5-11-32-14-8-9-16-19(12-14)29(2)20-13-17(15-6-3-4-7-18(15)26)22-23(21(16)20)25(31)28-24(22)30/h3-4,6-9,12-13,27H,5,10-11H2,1-2H3,(H,28,30,31). The molecular weight excluding hydrogens is 426 g/mol. The van der Waals surface area contributed by atoms with Crippen LogP contribution in [0.15, 0.2) is 48.5 Å². The highest BCUT2D eigenvalue weighted by Crippen LogP contribution is 2.42. The monoisotopic (exact) mass is 447 g/mol. The van der Waals surface area contributed by atoms with Crippen LogP contribution in [0.2, 0.25) is 5.02 Å². The number of nitrogens with zero attached hydrogens (tertiary/aromatic N) is 1. The summed E-state index contributed by atoms with van der Waals surface area (Å²) in [7, 11) is 3.87. The Bertz CT molecular complexity index is 1410. The van der Waals surface area contributed by atoms with E-state index in [2.05, 4.69) is 10.6 Å². The van der Waals surface area contributed by atoms with Gasteiger partial charge in [0.15, 0.2) is 0 Å². The van der Waals surface area contributed by atoms with E-state index in [0.29, 0.717) is 28.3 Å². The van der Waals surface area contributed by atoms with Gasteiger partial charge in [-0.05, 0) is 49.8 Å². The fourth-order valence-electron chi connectivity index (χ4n) is 4.45. The zero-order valence-corrected chi connectivity index (χ0v) is 18.5. The zero-order valence-electron chi connectivity index (χ0n) is 17.8. The molecule has 4 aromatic rings. The number of fused-ring (bicyclic) bond motifs is 5. The van der Waals surface area contributed by atoms with E-state index in [4.69, 9.17) is 16.3 Å². The smallest absolute Gasteiger partial charge is 0.259 e. The van der Waals surface area contributed by atoms with Crippen LogP contribution in [0, 0.1) is 0 Å². The number of nitrogens with one attached hydrogen (secondary N) is 2. The fourth-order valence-corrected chi connectivity index (χ4v) is 4.69. The van der Waals surface area contributed by atoms with Gasteiger partial charge in [-0.25, -0.2) is 0 Å². The van der Waals surface area contributed by atoms with Crippen LogP contribution in [0.3, 0.4) is 0 Å². The molecule has 0 aliphatic carbocycles. The minimum absolute atomic E-state index is 0.371. The Morgan fingerprint density at radius 1 is 1.00 bits per heavy atom. The van der Waals surface area contributed by atoms with Crippen molar-refractivity contribution in [2.75, 3.05) is 20.2 Å². The summed E-state index contributed by atoms with van der Waals surface area (Å²) in [6.07, 6.45) is 0.903. The van der Waals surface area contributed by atoms with E-state index in [1.807, 2.05) is 61.1 Å². The number of hydrogen-bond acceptors (Lipinski definition) is 4. The number of aromatic nitrogens is 1. The lowest BCUT2D eigenvalue weighted by Gasteiger charge is -2.10. The normalized spacial score (nSPS) is 13.1. The number of rotatable bonds is 6. The molecule has 0 bridgehead atoms. The van der Waals surface area contributed by atoms with E-state index in [1.54, 1.807) is 6.07 Å². The second kappa shape index (κ2) is 7.97. The molecule has 0 atom stereocenters. The molecule has 1 aromatic heterocycles. The Morgan fingerprint density at radius 2 is 1.78 bits per heavy atom. The second-order valence-electron chi connectivity index (χ2n) is 7.87. The number of halogens is 1. The van der Waals surface area contributed by atoms with Gasteiger partial charge in [0.2, 0.25) is 0 Å². The summed E-state index contributed by atoms with van der Waals surface area (Å²) in [5, 5.41) is 7.76. The molecule has 0 spiro atoms. The molecule has 32 heavy (non-hydrogen) atoms. The van der Waals surface area contributed by atoms with Crippen LogP contribution >= 0.6 is 11.6 Å². The maximum atomic E-state index is 12.9. The minimum Gasteiger partial charge on any atom is -0.493 e. The third-order valence-corrected chi connectivity index (χ3v) is 6.28. The molecule has 0 saturated heterocycles. The van der Waals surface area contributed by atoms with E-state index in [-0.39, 0.29) is 5.91 Å². The van der Waals surface area contributed by atoms with Crippen molar-refractivity contribution in [2.45, 2.75) is 6.42 Å². The highest BCUT2D eigenvalue weighted by molar-refractivity contribution is 6.36. The number of benzene rings is 3. The Balaban J connectivity index is 1.75. The molecule has 1 aliphatic heterocycles. The Labute approximate surface area is 190 Å². The predicted molar refractivity (Wildman–Crippen MR) is 127 cm³/mol. The van der Waals surface area contributed by atoms with Gasteiger partial charge in [0.1, 0.15) is 5.75 Å². The van der Waals surface area contributed by atoms with Crippen LogP contribution in [0.25, 0.3) is 32.9 Å². The summed E-state index contributed by atoms with van der Waals surface area (Å²) < 4.78 is 7.93. The van der Waals surface area contributed by atoms with Gasteiger partial charge in [0.25, 0.3) is 11.8 Å². The molecule has 2 heterocycles. The van der Waals surface area contributed by atoms with E-state index in [9.17, 15) is 9.59 Å². The van der Waals surface area contributed by atoms with Crippen LogP contribution < -0.4 is 15.4 Å². The zero-order chi connectivity index (χ0) is 22.4. The summed E-state index contributed by atoms with van der Waals surface area (Å²) in [5.74, 6) is -0.0184. The number of imide groups is 1. The summed E-state index contributed by atoms with van der Waals surface area (Å²) >= 11 is 6.46. The van der Waals surface area contributed by atoms with E-state index in [1.165, 1.54) is 0 Å². The lowest BCUT2D eigenvalue weighted by atomic mass is 9.93. The molecule has 7 heteroatoms. The van der Waals surface area contributed by atoms with Gasteiger partial charge < -0.3 is 14.6 Å². The molecule has 5 rings (SSSR count). The first-order chi connectivity index (χ1) is 15.5. The SMILES string of the molecule is CNCCCOc1ccc2c3c4c(c(-c5ccccc5Cl)cc3n(C)c2c1)C(=O)NC4=O. The largest absolute Gasteiger partial charge is 0.493 e. The summed E-state index contributed by atoms with van der Waals surface area (Å²) in [6.45, 7) is 1.50. The van der Waals surface area contributed by atoms with Crippen LogP contribution in [0.5, 0.6) is 5.75 Å². The first-order valence-electron chi connectivity index (χ1n) is 10.5. The Morgan fingerprint density at radius 3 is 2.56 bits per heavy atom. The fraction of sp³-hybridized carbons (Fsp3) is 0.200. The van der Waals surface area contributed by atoms with Gasteiger partial charge in [-0.3, -0.25) is 14.9 Å². The van der Waals surface area contributed by atoms with Crippen LogP contribution in [0.1, 0.15) is 27.1 Å². The maximum Gasteiger partial charge on any atom is 0.259 e. The summed E-state index contributed by atoms with van der Waals surface area (Å²) in [5.41, 5.74) is 3.92. The molecule has 3 aromatic carbocycles. The van der Waals surface area contributed by atoms with E-state index < -0.39 is 5.91 Å². The molecular formula is C25H22ClN3O3. The van der Waals surface area contributed by atoms with Gasteiger partial charge in [-0.2, -0.15) is 0 Å². The highest BCUT2D eigenvalue weighted by atomic mass is 35.5. The number of amides is 2. The van der Waals surface area contributed by atoms with Gasteiger partial charge in [-0.1, -0.05) is 29.8 Å². The van der Waals surface area contributed by atoms with Crippen molar-refractivity contribution in [3.63, 3.8) is 0 Å². The summed E-state index contributed by atoms with van der Waals surface area (Å²) in [4.78, 5) is 25.7. The summed E-state index contributed by atoms with van der Waals surface area (Å²) in [6, 6.07) is 15.1. The van der Waals surface area contributed by atoms with E-state index in [0.717, 1.165) is 46.1 Å². The van der Waals surface area contributed by atoms with Crippen molar-refractivity contribution in [2.24, 2.45) is 7.05 Å². The number of hydrogen-bond donors (Lipinski definition) is 2. The lowest BCUT2D eigenvalue weighted by molar-refractivity contribution is 0.0880. The van der Waals surface area contributed by atoms with Gasteiger partial charge in [0, 0.05) is 34.5 Å². The van der Waals surface area contributed by atoms with Crippen LogP contribution in [-0.4, -0.2) is 36.6 Å². The Hall–Kier alpha value is -3.35. The maximum absolute atomic E-state index is 12.9. The van der Waals surface area contributed by atoms with Crippen LogP contribution in [0.4, 0.5) is 0 Å². The third kappa shape index (κ3) is 3.15. The number of carbonyl (C=O) groups excluding carboxylic acids is 2. The van der Waals surface area contributed by atoms with Crippen molar-refractivity contribution >= 4 is 45.2 Å². The average Bonchev–Trinajstić information content (AvgIpc) is 3.24. The van der Waals surface area contributed by atoms with Crippen molar-refractivity contribution in [1.29, 1.82) is 0 Å².